The van der Waals surface area contributed by atoms with Gasteiger partial charge in [-0.15, -0.1) is 24.8 Å². The molecule has 25 heavy (non-hydrogen) atoms. The van der Waals surface area contributed by atoms with Crippen molar-refractivity contribution < 1.29 is 9.53 Å². The molecule has 2 saturated heterocycles. The minimum Gasteiger partial charge on any atom is -0.399 e. The number of aryl methyl sites for hydroxylation is 1. The number of hydrogen-bond acceptors (Lipinski definition) is 4. The second-order valence-corrected chi connectivity index (χ2v) is 6.75. The molecule has 0 radical (unpaired) electrons. The van der Waals surface area contributed by atoms with Crippen molar-refractivity contribution in [2.45, 2.75) is 19.8 Å². The molecular formula is C18H29Cl2N3O2. The van der Waals surface area contributed by atoms with Gasteiger partial charge < -0.3 is 15.4 Å². The van der Waals surface area contributed by atoms with Gasteiger partial charge in [0.15, 0.2) is 0 Å². The van der Waals surface area contributed by atoms with Crippen LogP contribution in [-0.4, -0.2) is 61.6 Å². The first kappa shape index (κ1) is 22.0. The van der Waals surface area contributed by atoms with Crippen LogP contribution < -0.4 is 5.73 Å². The summed E-state index contributed by atoms with van der Waals surface area (Å²) in [6.07, 6.45) is 2.29. The number of halogens is 2. The molecule has 0 aliphatic carbocycles. The van der Waals surface area contributed by atoms with Gasteiger partial charge in [-0.25, -0.2) is 0 Å². The van der Waals surface area contributed by atoms with Crippen molar-refractivity contribution in [1.29, 1.82) is 0 Å². The maximum atomic E-state index is 12.8. The molecule has 2 aliphatic heterocycles. The van der Waals surface area contributed by atoms with Crippen LogP contribution in [0.4, 0.5) is 5.69 Å². The zero-order valence-corrected chi connectivity index (χ0v) is 16.4. The van der Waals surface area contributed by atoms with E-state index >= 15 is 0 Å². The summed E-state index contributed by atoms with van der Waals surface area (Å²) in [5.74, 6) is 0.689. The normalized spacial score (nSPS) is 21.2. The molecule has 2 aliphatic rings. The Balaban J connectivity index is 0.00000156. The number of piperidine rings is 1. The first-order valence-corrected chi connectivity index (χ1v) is 8.59. The third-order valence-electron chi connectivity index (χ3n) is 4.92. The predicted octanol–water partition coefficient (Wildman–Crippen LogP) is 2.61. The lowest BCUT2D eigenvalue weighted by Gasteiger charge is -2.37. The Labute approximate surface area is 162 Å². The Bertz CT molecular complexity index is 565. The van der Waals surface area contributed by atoms with Gasteiger partial charge in [-0.1, -0.05) is 6.07 Å². The van der Waals surface area contributed by atoms with Crippen LogP contribution in [0.3, 0.4) is 0 Å². The molecule has 1 amide bonds. The van der Waals surface area contributed by atoms with Gasteiger partial charge in [-0.2, -0.15) is 0 Å². The summed E-state index contributed by atoms with van der Waals surface area (Å²) in [5.41, 5.74) is 8.26. The van der Waals surface area contributed by atoms with E-state index in [1.54, 1.807) is 0 Å². The Kier molecular flexibility index (Phi) is 9.00. The number of anilines is 1. The molecular weight excluding hydrogens is 361 g/mol. The highest BCUT2D eigenvalue weighted by Gasteiger charge is 2.27. The predicted molar refractivity (Wildman–Crippen MR) is 106 cm³/mol. The van der Waals surface area contributed by atoms with E-state index in [1.165, 1.54) is 6.42 Å². The summed E-state index contributed by atoms with van der Waals surface area (Å²) >= 11 is 0. The summed E-state index contributed by atoms with van der Waals surface area (Å²) in [5, 5.41) is 0. The lowest BCUT2D eigenvalue weighted by atomic mass is 9.96. The quantitative estimate of drug-likeness (QED) is 0.807. The summed E-state index contributed by atoms with van der Waals surface area (Å²) in [7, 11) is 0. The van der Waals surface area contributed by atoms with Crippen molar-refractivity contribution in [2.75, 3.05) is 51.7 Å². The summed E-state index contributed by atoms with van der Waals surface area (Å²) in [4.78, 5) is 17.3. The number of likely N-dealkylation sites (tertiary alicyclic amines) is 1. The molecule has 2 fully saturated rings. The number of morpholine rings is 1. The monoisotopic (exact) mass is 389 g/mol. The van der Waals surface area contributed by atoms with Crippen LogP contribution in [0.1, 0.15) is 28.8 Å². The Morgan fingerprint density at radius 1 is 1.24 bits per heavy atom. The van der Waals surface area contributed by atoms with Gasteiger partial charge in [-0.3, -0.25) is 9.69 Å². The number of carbonyl (C=O) groups is 1. The number of rotatable bonds is 3. The number of nitrogens with zero attached hydrogens (tertiary/aromatic N) is 2. The molecule has 0 spiro atoms. The van der Waals surface area contributed by atoms with E-state index in [1.807, 2.05) is 30.0 Å². The number of benzene rings is 1. The molecule has 0 aromatic heterocycles. The molecule has 1 atom stereocenters. The summed E-state index contributed by atoms with van der Waals surface area (Å²) in [6, 6.07) is 5.59. The average Bonchev–Trinajstić information content (AvgIpc) is 2.57. The van der Waals surface area contributed by atoms with Gasteiger partial charge in [0, 0.05) is 44.0 Å². The second-order valence-electron chi connectivity index (χ2n) is 6.75. The highest BCUT2D eigenvalue weighted by molar-refractivity contribution is 5.96. The lowest BCUT2D eigenvalue weighted by molar-refractivity contribution is 0.0223. The fraction of sp³-hybridized carbons (Fsp3) is 0.611. The Morgan fingerprint density at radius 3 is 2.68 bits per heavy atom. The van der Waals surface area contributed by atoms with Gasteiger partial charge in [-0.05, 0) is 43.4 Å². The van der Waals surface area contributed by atoms with Crippen molar-refractivity contribution >= 4 is 36.4 Å². The number of carbonyl (C=O) groups excluding carboxylic acids is 1. The van der Waals surface area contributed by atoms with Gasteiger partial charge in [0.05, 0.1) is 13.2 Å². The van der Waals surface area contributed by atoms with E-state index in [-0.39, 0.29) is 30.7 Å². The van der Waals surface area contributed by atoms with Crippen molar-refractivity contribution in [3.8, 4) is 0 Å². The number of nitrogens with two attached hydrogens (primary N) is 1. The topological polar surface area (TPSA) is 58.8 Å². The minimum atomic E-state index is 0. The minimum absolute atomic E-state index is 0. The Hall–Kier alpha value is -1.01. The summed E-state index contributed by atoms with van der Waals surface area (Å²) < 4.78 is 5.41. The molecule has 0 saturated carbocycles. The first-order chi connectivity index (χ1) is 11.1. The summed E-state index contributed by atoms with van der Waals surface area (Å²) in [6.45, 7) is 8.44. The van der Waals surface area contributed by atoms with Crippen molar-refractivity contribution in [1.82, 2.24) is 9.80 Å². The van der Waals surface area contributed by atoms with E-state index in [4.69, 9.17) is 10.5 Å². The highest BCUT2D eigenvalue weighted by atomic mass is 35.5. The van der Waals surface area contributed by atoms with Crippen LogP contribution in [0.2, 0.25) is 0 Å². The molecule has 1 aromatic carbocycles. The average molecular weight is 390 g/mol. The van der Waals surface area contributed by atoms with Crippen LogP contribution in [-0.2, 0) is 4.74 Å². The van der Waals surface area contributed by atoms with Gasteiger partial charge in [0.1, 0.15) is 0 Å². The smallest absolute Gasteiger partial charge is 0.254 e. The third kappa shape index (κ3) is 5.74. The molecule has 0 bridgehead atoms. The maximum absolute atomic E-state index is 12.8. The zero-order valence-electron chi connectivity index (χ0n) is 14.8. The van der Waals surface area contributed by atoms with Crippen LogP contribution in [0.15, 0.2) is 18.2 Å². The SMILES string of the molecule is Cc1ccc(N)cc1C(=O)N1CCCC(CN2CCOCC2)C1.Cl.Cl. The maximum Gasteiger partial charge on any atom is 0.254 e. The number of nitrogen functional groups attached to an aromatic ring is 1. The number of hydrogen-bond donors (Lipinski definition) is 1. The lowest BCUT2D eigenvalue weighted by Crippen LogP contribution is -2.46. The largest absolute Gasteiger partial charge is 0.399 e. The van der Waals surface area contributed by atoms with Crippen LogP contribution in [0.5, 0.6) is 0 Å². The van der Waals surface area contributed by atoms with Crippen LogP contribution in [0.25, 0.3) is 0 Å². The second kappa shape index (κ2) is 10.2. The number of ether oxygens (including phenoxy) is 1. The van der Waals surface area contributed by atoms with Crippen LogP contribution >= 0.6 is 24.8 Å². The van der Waals surface area contributed by atoms with E-state index in [0.29, 0.717) is 11.6 Å². The number of amides is 1. The molecule has 142 valence electrons. The van der Waals surface area contributed by atoms with E-state index < -0.39 is 0 Å². The molecule has 3 rings (SSSR count). The zero-order chi connectivity index (χ0) is 16.2. The van der Waals surface area contributed by atoms with Gasteiger partial charge >= 0.3 is 0 Å². The fourth-order valence-corrected chi connectivity index (χ4v) is 3.59. The van der Waals surface area contributed by atoms with Crippen molar-refractivity contribution in [2.24, 2.45) is 5.92 Å². The first-order valence-electron chi connectivity index (χ1n) is 8.59. The fourth-order valence-electron chi connectivity index (χ4n) is 3.59. The van der Waals surface area contributed by atoms with E-state index in [0.717, 1.165) is 63.5 Å². The van der Waals surface area contributed by atoms with Crippen molar-refractivity contribution in [3.05, 3.63) is 29.3 Å². The van der Waals surface area contributed by atoms with Gasteiger partial charge in [0.25, 0.3) is 5.91 Å². The standard InChI is InChI=1S/C18H27N3O2.2ClH/c1-14-4-5-16(19)11-17(14)18(22)21-6-2-3-15(13-21)12-20-7-9-23-10-8-20;;/h4-5,11,15H,2-3,6-10,12-13,19H2,1H3;2*1H. The van der Waals surface area contributed by atoms with Crippen molar-refractivity contribution in [3.63, 3.8) is 0 Å². The molecule has 1 unspecified atom stereocenters. The van der Waals surface area contributed by atoms with Crippen LogP contribution in [0, 0.1) is 12.8 Å². The van der Waals surface area contributed by atoms with E-state index in [9.17, 15) is 4.79 Å². The van der Waals surface area contributed by atoms with E-state index in [2.05, 4.69) is 4.90 Å². The molecule has 5 nitrogen and oxygen atoms in total. The van der Waals surface area contributed by atoms with Gasteiger partial charge in [0.2, 0.25) is 0 Å². The molecule has 2 heterocycles. The molecule has 2 N–H and O–H groups in total. The Morgan fingerprint density at radius 2 is 1.96 bits per heavy atom. The third-order valence-corrected chi connectivity index (χ3v) is 4.92. The molecule has 7 heteroatoms. The molecule has 1 aromatic rings. The highest BCUT2D eigenvalue weighted by Crippen LogP contribution is 2.22.